The number of carbonyl (C=O) groups excluding carboxylic acids is 1. The Morgan fingerprint density at radius 2 is 1.61 bits per heavy atom. The number of likely N-dealkylation sites (N-methyl/N-ethyl adjacent to an activating group) is 1. The third-order valence-corrected chi connectivity index (χ3v) is 4.26. The molecule has 0 saturated heterocycles. The van der Waals surface area contributed by atoms with Crippen LogP contribution in [0.1, 0.15) is 15.9 Å². The van der Waals surface area contributed by atoms with Crippen molar-refractivity contribution in [1.29, 1.82) is 0 Å². The van der Waals surface area contributed by atoms with Gasteiger partial charge in [0.2, 0.25) is 5.82 Å². The normalized spacial score (nSPS) is 11.4. The Kier molecular flexibility index (Phi) is 5.37. The van der Waals surface area contributed by atoms with E-state index in [9.17, 15) is 26.7 Å². The van der Waals surface area contributed by atoms with E-state index in [1.807, 2.05) is 14.1 Å². The SMILES string of the molecule is C[NH+](C)CCc1c[nH]c2cccc(OC(=O)c3c(F)c(F)c(F)c(F)c3F)c12. The van der Waals surface area contributed by atoms with E-state index in [-0.39, 0.29) is 5.75 Å². The van der Waals surface area contributed by atoms with Crippen molar-refractivity contribution in [1.82, 2.24) is 4.98 Å². The maximum atomic E-state index is 13.9. The molecule has 0 saturated carbocycles. The summed E-state index contributed by atoms with van der Waals surface area (Å²) in [6.45, 7) is 0.757. The van der Waals surface area contributed by atoms with Gasteiger partial charge in [0.25, 0.3) is 0 Å². The first-order valence-corrected chi connectivity index (χ1v) is 8.34. The third kappa shape index (κ3) is 3.45. The van der Waals surface area contributed by atoms with Gasteiger partial charge in [-0.25, -0.2) is 26.7 Å². The first kappa shape index (κ1) is 19.8. The minimum absolute atomic E-state index is 0.0450. The maximum Gasteiger partial charge on any atom is 0.349 e. The fraction of sp³-hybridized carbons (Fsp3) is 0.211. The highest BCUT2D eigenvalue weighted by Gasteiger charge is 2.31. The van der Waals surface area contributed by atoms with Gasteiger partial charge in [-0.05, 0) is 17.7 Å². The number of H-pyrrole nitrogens is 1. The number of hydrogen-bond donors (Lipinski definition) is 2. The van der Waals surface area contributed by atoms with Gasteiger partial charge in [-0.15, -0.1) is 0 Å². The highest BCUT2D eigenvalue weighted by atomic mass is 19.2. The Morgan fingerprint density at radius 1 is 1.00 bits per heavy atom. The molecule has 0 bridgehead atoms. The van der Waals surface area contributed by atoms with Crippen molar-refractivity contribution in [3.63, 3.8) is 0 Å². The van der Waals surface area contributed by atoms with Crippen LogP contribution in [0.4, 0.5) is 22.0 Å². The van der Waals surface area contributed by atoms with E-state index in [2.05, 4.69) is 4.98 Å². The minimum atomic E-state index is -2.34. The first-order valence-electron chi connectivity index (χ1n) is 8.34. The summed E-state index contributed by atoms with van der Waals surface area (Å²) in [6, 6.07) is 4.62. The predicted octanol–water partition coefficient (Wildman–Crippen LogP) is 2.77. The quantitative estimate of drug-likeness (QED) is 0.228. The largest absolute Gasteiger partial charge is 0.422 e. The summed E-state index contributed by atoms with van der Waals surface area (Å²) in [5.41, 5.74) is -0.244. The lowest BCUT2D eigenvalue weighted by atomic mass is 10.1. The van der Waals surface area contributed by atoms with Crippen LogP contribution in [0.5, 0.6) is 5.75 Å². The van der Waals surface area contributed by atoms with E-state index in [0.29, 0.717) is 17.3 Å². The van der Waals surface area contributed by atoms with Crippen LogP contribution >= 0.6 is 0 Å². The number of rotatable bonds is 5. The monoisotopic (exact) mass is 399 g/mol. The summed E-state index contributed by atoms with van der Waals surface area (Å²) in [5.74, 6) is -13.0. The Labute approximate surface area is 156 Å². The molecular weight excluding hydrogens is 383 g/mol. The van der Waals surface area contributed by atoms with Gasteiger partial charge < -0.3 is 14.6 Å². The van der Waals surface area contributed by atoms with E-state index in [4.69, 9.17) is 4.74 Å². The van der Waals surface area contributed by atoms with Crippen molar-refractivity contribution in [2.75, 3.05) is 20.6 Å². The van der Waals surface area contributed by atoms with Gasteiger partial charge in [0.15, 0.2) is 23.3 Å². The zero-order valence-electron chi connectivity index (χ0n) is 14.9. The van der Waals surface area contributed by atoms with Crippen molar-refractivity contribution in [3.05, 3.63) is 64.6 Å². The molecule has 0 unspecified atom stereocenters. The number of halogens is 5. The van der Waals surface area contributed by atoms with Gasteiger partial charge in [-0.2, -0.15) is 0 Å². The molecular formula is C19H16F5N2O2+. The third-order valence-electron chi connectivity index (χ3n) is 4.26. The van der Waals surface area contributed by atoms with Gasteiger partial charge in [-0.3, -0.25) is 0 Å². The molecule has 0 atom stereocenters. The molecule has 2 N–H and O–H groups in total. The molecule has 0 radical (unpaired) electrons. The van der Waals surface area contributed by atoms with E-state index < -0.39 is 40.6 Å². The molecule has 0 aliphatic rings. The molecule has 1 aromatic heterocycles. The molecule has 2 aromatic carbocycles. The number of ether oxygens (including phenoxy) is 1. The van der Waals surface area contributed by atoms with Crippen LogP contribution in [0.2, 0.25) is 0 Å². The lowest BCUT2D eigenvalue weighted by Crippen LogP contribution is -3.05. The Balaban J connectivity index is 2.02. The average molecular weight is 399 g/mol. The van der Waals surface area contributed by atoms with Gasteiger partial charge >= 0.3 is 5.97 Å². The highest BCUT2D eigenvalue weighted by molar-refractivity contribution is 5.96. The molecule has 0 aliphatic carbocycles. The molecule has 0 spiro atoms. The molecule has 9 heteroatoms. The van der Waals surface area contributed by atoms with Crippen LogP contribution in [0.3, 0.4) is 0 Å². The maximum absolute atomic E-state index is 13.9. The topological polar surface area (TPSA) is 46.5 Å². The van der Waals surface area contributed by atoms with E-state index in [0.717, 1.165) is 12.1 Å². The Morgan fingerprint density at radius 3 is 2.21 bits per heavy atom. The molecule has 3 aromatic rings. The second-order valence-corrected chi connectivity index (χ2v) is 6.53. The van der Waals surface area contributed by atoms with Gasteiger partial charge in [0.1, 0.15) is 11.3 Å². The second-order valence-electron chi connectivity index (χ2n) is 6.53. The first-order chi connectivity index (χ1) is 13.2. The van der Waals surface area contributed by atoms with Gasteiger partial charge in [0, 0.05) is 23.5 Å². The number of carbonyl (C=O) groups is 1. The number of quaternary nitrogens is 1. The molecule has 0 fully saturated rings. The van der Waals surface area contributed by atoms with Crippen LogP contribution in [0, 0.1) is 29.1 Å². The average Bonchev–Trinajstić information content (AvgIpc) is 3.07. The van der Waals surface area contributed by atoms with Crippen LogP contribution in [-0.4, -0.2) is 31.6 Å². The number of aromatic amines is 1. The lowest BCUT2D eigenvalue weighted by Gasteiger charge is -2.11. The summed E-state index contributed by atoms with van der Waals surface area (Å²) in [6.07, 6.45) is 2.32. The van der Waals surface area contributed by atoms with E-state index >= 15 is 0 Å². The molecule has 0 amide bonds. The highest BCUT2D eigenvalue weighted by Crippen LogP contribution is 2.31. The number of aromatic nitrogens is 1. The van der Waals surface area contributed by atoms with E-state index in [1.54, 1.807) is 12.3 Å². The molecule has 148 valence electrons. The Bertz CT molecular complexity index is 1030. The van der Waals surface area contributed by atoms with Crippen molar-refractivity contribution >= 4 is 16.9 Å². The molecule has 0 aliphatic heterocycles. The standard InChI is InChI=1S/C19H15F5N2O2/c1-26(2)7-6-9-8-25-10-4-3-5-11(12(9)10)28-19(27)13-14(20)16(22)18(24)17(23)15(13)21/h3-5,8,25H,6-7H2,1-2H3/p+1. The smallest absolute Gasteiger partial charge is 0.349 e. The van der Waals surface area contributed by atoms with Crippen molar-refractivity contribution in [2.24, 2.45) is 0 Å². The van der Waals surface area contributed by atoms with Gasteiger partial charge in [0.05, 0.1) is 20.6 Å². The zero-order valence-corrected chi connectivity index (χ0v) is 14.9. The molecule has 4 nitrogen and oxygen atoms in total. The number of benzene rings is 2. The summed E-state index contributed by atoms with van der Waals surface area (Å²) in [4.78, 5) is 16.4. The van der Waals surface area contributed by atoms with Crippen LogP contribution in [-0.2, 0) is 6.42 Å². The zero-order chi connectivity index (χ0) is 20.6. The summed E-state index contributed by atoms with van der Waals surface area (Å²) in [7, 11) is 3.91. The van der Waals surface area contributed by atoms with Crippen molar-refractivity contribution in [3.8, 4) is 5.75 Å². The fourth-order valence-electron chi connectivity index (χ4n) is 2.82. The Hall–Kier alpha value is -2.94. The number of esters is 1. The van der Waals surface area contributed by atoms with Crippen molar-refractivity contribution < 1.29 is 36.4 Å². The molecule has 3 rings (SSSR count). The van der Waals surface area contributed by atoms with Crippen molar-refractivity contribution in [2.45, 2.75) is 6.42 Å². The lowest BCUT2D eigenvalue weighted by molar-refractivity contribution is -0.858. The number of hydrogen-bond acceptors (Lipinski definition) is 2. The van der Waals surface area contributed by atoms with Crippen LogP contribution < -0.4 is 9.64 Å². The van der Waals surface area contributed by atoms with Gasteiger partial charge in [-0.1, -0.05) is 6.07 Å². The molecule has 28 heavy (non-hydrogen) atoms. The number of nitrogens with one attached hydrogen (secondary N) is 2. The van der Waals surface area contributed by atoms with Crippen LogP contribution in [0.15, 0.2) is 24.4 Å². The summed E-state index contributed by atoms with van der Waals surface area (Å²) >= 11 is 0. The molecule has 1 heterocycles. The summed E-state index contributed by atoms with van der Waals surface area (Å²) in [5, 5.41) is 0.501. The second kappa shape index (κ2) is 7.59. The summed E-state index contributed by atoms with van der Waals surface area (Å²) < 4.78 is 72.7. The predicted molar refractivity (Wildman–Crippen MR) is 90.9 cm³/mol. The number of fused-ring (bicyclic) bond motifs is 1. The minimum Gasteiger partial charge on any atom is -0.422 e. The van der Waals surface area contributed by atoms with E-state index in [1.165, 1.54) is 17.0 Å². The fourth-order valence-corrected chi connectivity index (χ4v) is 2.82. The van der Waals surface area contributed by atoms with Crippen LogP contribution in [0.25, 0.3) is 10.9 Å².